The molecule has 5 nitrogen and oxygen atoms in total. The highest BCUT2D eigenvalue weighted by atomic mass is 19.1. The van der Waals surface area contributed by atoms with E-state index in [1.54, 1.807) is 6.07 Å². The van der Waals surface area contributed by atoms with Crippen LogP contribution in [0.3, 0.4) is 0 Å². The van der Waals surface area contributed by atoms with E-state index in [2.05, 4.69) is 0 Å². The van der Waals surface area contributed by atoms with Crippen LogP contribution in [-0.4, -0.2) is 31.3 Å². The zero-order chi connectivity index (χ0) is 14.6. The van der Waals surface area contributed by atoms with Gasteiger partial charge in [0.05, 0.1) is 14.2 Å². The number of ether oxygens (including phenoxy) is 2. The van der Waals surface area contributed by atoms with Crippen molar-refractivity contribution in [1.29, 1.82) is 0 Å². The molecule has 0 fully saturated rings. The number of methoxy groups -OCH3 is 2. The van der Waals surface area contributed by atoms with Gasteiger partial charge in [-0.1, -0.05) is 0 Å². The maximum absolute atomic E-state index is 13.4. The fourth-order valence-electron chi connectivity index (χ4n) is 1.77. The Labute approximate surface area is 111 Å². The number of carboxylic acid groups (broad SMARTS) is 1. The molecule has 0 saturated heterocycles. The van der Waals surface area contributed by atoms with Crippen LogP contribution in [0.15, 0.2) is 12.1 Å². The van der Waals surface area contributed by atoms with Crippen molar-refractivity contribution in [2.75, 3.05) is 14.2 Å². The topological polar surface area (TPSA) is 81.8 Å². The molecular weight excluding hydrogens is 253 g/mol. The van der Waals surface area contributed by atoms with Crippen molar-refractivity contribution in [3.8, 4) is 11.5 Å². The molecule has 3 N–H and O–H groups in total. The maximum atomic E-state index is 13.4. The van der Waals surface area contributed by atoms with Crippen molar-refractivity contribution < 1.29 is 23.8 Å². The van der Waals surface area contributed by atoms with Gasteiger partial charge in [0.25, 0.3) is 0 Å². The summed E-state index contributed by atoms with van der Waals surface area (Å²) in [5, 5.41) is 8.84. The van der Waals surface area contributed by atoms with Crippen LogP contribution in [0.25, 0.3) is 0 Å². The van der Waals surface area contributed by atoms with Gasteiger partial charge in [-0.15, -0.1) is 0 Å². The second kappa shape index (κ2) is 6.38. The molecule has 0 aliphatic rings. The summed E-state index contributed by atoms with van der Waals surface area (Å²) in [5.74, 6) is -0.389. The molecule has 0 amide bonds. The molecule has 1 aromatic carbocycles. The van der Waals surface area contributed by atoms with Crippen molar-refractivity contribution in [2.45, 2.75) is 25.6 Å². The lowest BCUT2D eigenvalue weighted by atomic mass is 10.00. The molecule has 0 aromatic heterocycles. The number of aliphatic carboxylic acids is 1. The Morgan fingerprint density at radius 2 is 2.05 bits per heavy atom. The van der Waals surface area contributed by atoms with Gasteiger partial charge >= 0.3 is 5.97 Å². The van der Waals surface area contributed by atoms with E-state index in [0.717, 1.165) is 0 Å². The van der Waals surface area contributed by atoms with Gasteiger partial charge in [0.1, 0.15) is 12.2 Å². The van der Waals surface area contributed by atoms with Gasteiger partial charge in [-0.2, -0.15) is 0 Å². The Morgan fingerprint density at radius 1 is 1.42 bits per heavy atom. The minimum absolute atomic E-state index is 0.0371. The Kier molecular flexibility index (Phi) is 5.11. The first-order valence-corrected chi connectivity index (χ1v) is 5.78. The molecule has 6 heteroatoms. The number of benzene rings is 1. The van der Waals surface area contributed by atoms with Crippen LogP contribution >= 0.6 is 0 Å². The van der Waals surface area contributed by atoms with Gasteiger partial charge in [-0.25, -0.2) is 4.39 Å². The summed E-state index contributed by atoms with van der Waals surface area (Å²) in [5.41, 5.74) is 6.40. The third-order valence-corrected chi connectivity index (χ3v) is 2.79. The lowest BCUT2D eigenvalue weighted by molar-refractivity contribution is -0.138. The number of carbonyl (C=O) groups is 1. The van der Waals surface area contributed by atoms with Crippen molar-refractivity contribution >= 4 is 5.97 Å². The monoisotopic (exact) mass is 271 g/mol. The van der Waals surface area contributed by atoms with Gasteiger partial charge in [0.15, 0.2) is 11.5 Å². The van der Waals surface area contributed by atoms with Crippen molar-refractivity contribution in [2.24, 2.45) is 5.73 Å². The minimum atomic E-state index is -1.19. The maximum Gasteiger partial charge on any atom is 0.320 e. The van der Waals surface area contributed by atoms with E-state index in [9.17, 15) is 9.18 Å². The first-order valence-electron chi connectivity index (χ1n) is 5.78. The Bertz CT molecular complexity index is 462. The summed E-state index contributed by atoms with van der Waals surface area (Å²) in [4.78, 5) is 10.8. The number of halogens is 1. The quantitative estimate of drug-likeness (QED) is 0.822. The lowest BCUT2D eigenvalue weighted by Crippen LogP contribution is -2.32. The number of alkyl halides is 1. The Hall–Kier alpha value is -1.82. The van der Waals surface area contributed by atoms with Crippen LogP contribution in [0, 0.1) is 0 Å². The normalized spacial score (nSPS) is 13.7. The highest BCUT2D eigenvalue weighted by Gasteiger charge is 2.20. The summed E-state index contributed by atoms with van der Waals surface area (Å²) in [6, 6.07) is 2.00. The number of hydrogen-bond acceptors (Lipinski definition) is 4. The van der Waals surface area contributed by atoms with Gasteiger partial charge in [0, 0.05) is 12.0 Å². The zero-order valence-electron chi connectivity index (χ0n) is 11.1. The number of carboxylic acids is 1. The average molecular weight is 271 g/mol. The second-order valence-electron chi connectivity index (χ2n) is 4.18. The van der Waals surface area contributed by atoms with Gasteiger partial charge in [-0.3, -0.25) is 4.79 Å². The molecule has 0 spiro atoms. The van der Waals surface area contributed by atoms with Crippen LogP contribution in [0.5, 0.6) is 11.5 Å². The third-order valence-electron chi connectivity index (χ3n) is 2.79. The van der Waals surface area contributed by atoms with E-state index in [0.29, 0.717) is 22.6 Å². The summed E-state index contributed by atoms with van der Waals surface area (Å²) in [6.45, 7) is 1.39. The molecule has 0 saturated carbocycles. The molecule has 0 aliphatic heterocycles. The average Bonchev–Trinajstić information content (AvgIpc) is 2.37. The molecule has 2 atom stereocenters. The van der Waals surface area contributed by atoms with Gasteiger partial charge in [0.2, 0.25) is 0 Å². The largest absolute Gasteiger partial charge is 0.493 e. The SMILES string of the molecule is COc1cc(C(C)F)cc(CC(N)C(=O)O)c1OC. The Balaban J connectivity index is 3.25. The molecule has 19 heavy (non-hydrogen) atoms. The predicted molar refractivity (Wildman–Crippen MR) is 68.4 cm³/mol. The molecular formula is C13H18FNO4. The van der Waals surface area contributed by atoms with Crippen LogP contribution in [-0.2, 0) is 11.2 Å². The minimum Gasteiger partial charge on any atom is -0.493 e. The van der Waals surface area contributed by atoms with E-state index in [4.69, 9.17) is 20.3 Å². The van der Waals surface area contributed by atoms with Crippen molar-refractivity contribution in [1.82, 2.24) is 0 Å². The van der Waals surface area contributed by atoms with Crippen LogP contribution in [0.2, 0.25) is 0 Å². The summed E-state index contributed by atoms with van der Waals surface area (Å²) >= 11 is 0. The second-order valence-corrected chi connectivity index (χ2v) is 4.18. The van der Waals surface area contributed by atoms with E-state index in [1.807, 2.05) is 0 Å². The molecule has 1 aromatic rings. The van der Waals surface area contributed by atoms with Crippen LogP contribution in [0.4, 0.5) is 4.39 Å². The van der Waals surface area contributed by atoms with E-state index in [-0.39, 0.29) is 6.42 Å². The summed E-state index contributed by atoms with van der Waals surface area (Å²) in [7, 11) is 2.87. The van der Waals surface area contributed by atoms with Crippen LogP contribution in [0.1, 0.15) is 24.2 Å². The molecule has 2 unspecified atom stereocenters. The summed E-state index contributed by atoms with van der Waals surface area (Å²) in [6.07, 6.45) is -1.16. The number of hydrogen-bond donors (Lipinski definition) is 2. The predicted octanol–water partition coefficient (Wildman–Crippen LogP) is 1.69. The highest BCUT2D eigenvalue weighted by molar-refractivity contribution is 5.74. The van der Waals surface area contributed by atoms with Crippen molar-refractivity contribution in [3.63, 3.8) is 0 Å². The van der Waals surface area contributed by atoms with E-state index in [1.165, 1.54) is 27.2 Å². The summed E-state index contributed by atoms with van der Waals surface area (Å²) < 4.78 is 23.7. The van der Waals surface area contributed by atoms with Crippen molar-refractivity contribution in [3.05, 3.63) is 23.3 Å². The third kappa shape index (κ3) is 3.57. The molecule has 0 bridgehead atoms. The lowest BCUT2D eigenvalue weighted by Gasteiger charge is -2.17. The smallest absolute Gasteiger partial charge is 0.320 e. The van der Waals surface area contributed by atoms with Gasteiger partial charge < -0.3 is 20.3 Å². The number of rotatable bonds is 6. The molecule has 0 radical (unpaired) electrons. The molecule has 1 rings (SSSR count). The standard InChI is InChI=1S/C13H18FNO4/c1-7(14)8-4-9(5-10(15)13(16)17)12(19-3)11(6-8)18-2/h4,6-7,10H,5,15H2,1-3H3,(H,16,17). The first-order chi connectivity index (χ1) is 8.90. The fourth-order valence-corrected chi connectivity index (χ4v) is 1.77. The zero-order valence-corrected chi connectivity index (χ0v) is 11.1. The molecule has 106 valence electrons. The Morgan fingerprint density at radius 3 is 2.47 bits per heavy atom. The van der Waals surface area contributed by atoms with Gasteiger partial charge in [-0.05, 0) is 24.6 Å². The molecule has 0 aliphatic carbocycles. The van der Waals surface area contributed by atoms with E-state index < -0.39 is 18.2 Å². The van der Waals surface area contributed by atoms with Crippen LogP contribution < -0.4 is 15.2 Å². The fraction of sp³-hybridized carbons (Fsp3) is 0.462. The number of nitrogens with two attached hydrogens (primary N) is 1. The molecule has 0 heterocycles. The van der Waals surface area contributed by atoms with E-state index >= 15 is 0 Å². The highest BCUT2D eigenvalue weighted by Crippen LogP contribution is 2.35. The first kappa shape index (κ1) is 15.2.